The molecular weight excluding hydrogens is 316 g/mol. The molecule has 0 aromatic heterocycles. The molecule has 1 aliphatic carbocycles. The third-order valence-electron chi connectivity index (χ3n) is 5.12. The Hall–Kier alpha value is -1.75. The zero-order valence-corrected chi connectivity index (χ0v) is 15.7. The quantitative estimate of drug-likeness (QED) is 0.795. The number of rotatable bonds is 7. The Morgan fingerprint density at radius 1 is 1.32 bits per heavy atom. The standard InChI is InChI=1S/C20H32N2O3/c1-15(8-9-16-10-12-18(25-3)13-11-16)21-20(24)22(2)14-17-6-4-5-7-19(17)23/h10-13,15,17,19,23H,4-9,14H2,1-3H3,(H,21,24). The van der Waals surface area contributed by atoms with Gasteiger partial charge in [-0.2, -0.15) is 0 Å². The molecule has 0 radical (unpaired) electrons. The lowest BCUT2D eigenvalue weighted by Crippen LogP contribution is -2.45. The maximum Gasteiger partial charge on any atom is 0.317 e. The Bertz CT molecular complexity index is 532. The Balaban J connectivity index is 1.72. The molecule has 1 aliphatic rings. The SMILES string of the molecule is COc1ccc(CCC(C)NC(=O)N(C)CC2CCCCC2O)cc1. The van der Waals surface area contributed by atoms with Gasteiger partial charge >= 0.3 is 6.03 Å². The number of nitrogens with zero attached hydrogens (tertiary/aromatic N) is 1. The summed E-state index contributed by atoms with van der Waals surface area (Å²) in [6, 6.07) is 8.09. The second kappa shape index (κ2) is 9.66. The van der Waals surface area contributed by atoms with Gasteiger partial charge in [0.2, 0.25) is 0 Å². The van der Waals surface area contributed by atoms with Crippen LogP contribution >= 0.6 is 0 Å². The third-order valence-corrected chi connectivity index (χ3v) is 5.12. The number of urea groups is 1. The maximum absolute atomic E-state index is 12.3. The van der Waals surface area contributed by atoms with Crippen molar-refractivity contribution in [1.29, 1.82) is 0 Å². The van der Waals surface area contributed by atoms with Crippen LogP contribution in [0.15, 0.2) is 24.3 Å². The van der Waals surface area contributed by atoms with E-state index in [4.69, 9.17) is 4.74 Å². The van der Waals surface area contributed by atoms with Gasteiger partial charge in [-0.05, 0) is 50.3 Å². The summed E-state index contributed by atoms with van der Waals surface area (Å²) < 4.78 is 5.16. The third kappa shape index (κ3) is 6.24. The number of hydrogen-bond donors (Lipinski definition) is 2. The molecule has 3 atom stereocenters. The number of aliphatic hydroxyl groups is 1. The molecule has 0 spiro atoms. The van der Waals surface area contributed by atoms with Crippen molar-refractivity contribution in [3.05, 3.63) is 29.8 Å². The van der Waals surface area contributed by atoms with Crippen LogP contribution in [0.1, 0.15) is 44.6 Å². The minimum atomic E-state index is -0.267. The summed E-state index contributed by atoms with van der Waals surface area (Å²) in [5, 5.41) is 13.1. The molecular formula is C20H32N2O3. The predicted octanol–water partition coefficient (Wildman–Crippen LogP) is 3.21. The van der Waals surface area contributed by atoms with Gasteiger partial charge in [0.15, 0.2) is 0 Å². The number of aliphatic hydroxyl groups excluding tert-OH is 1. The van der Waals surface area contributed by atoms with Crippen LogP contribution in [0.2, 0.25) is 0 Å². The first kappa shape index (κ1) is 19.6. The van der Waals surface area contributed by atoms with E-state index in [0.717, 1.165) is 44.3 Å². The fourth-order valence-corrected chi connectivity index (χ4v) is 3.40. The summed E-state index contributed by atoms with van der Waals surface area (Å²) in [5.41, 5.74) is 1.24. The van der Waals surface area contributed by atoms with E-state index in [1.165, 1.54) is 5.56 Å². The molecule has 1 saturated carbocycles. The van der Waals surface area contributed by atoms with Gasteiger partial charge < -0.3 is 20.1 Å². The summed E-state index contributed by atoms with van der Waals surface area (Å²) in [5.74, 6) is 1.07. The van der Waals surface area contributed by atoms with E-state index in [1.807, 2.05) is 26.1 Å². The number of aryl methyl sites for hydroxylation is 1. The molecule has 2 rings (SSSR count). The molecule has 1 fully saturated rings. The zero-order chi connectivity index (χ0) is 18.2. The minimum absolute atomic E-state index is 0.0556. The molecule has 0 aliphatic heterocycles. The van der Waals surface area contributed by atoms with Crippen LogP contribution in [-0.2, 0) is 6.42 Å². The van der Waals surface area contributed by atoms with Crippen LogP contribution in [0.4, 0.5) is 4.79 Å². The Morgan fingerprint density at radius 3 is 2.64 bits per heavy atom. The molecule has 2 N–H and O–H groups in total. The fraction of sp³-hybridized carbons (Fsp3) is 0.650. The molecule has 25 heavy (non-hydrogen) atoms. The average molecular weight is 348 g/mol. The largest absolute Gasteiger partial charge is 0.497 e. The Morgan fingerprint density at radius 2 is 2.00 bits per heavy atom. The van der Waals surface area contributed by atoms with Crippen molar-refractivity contribution < 1.29 is 14.6 Å². The molecule has 0 saturated heterocycles. The minimum Gasteiger partial charge on any atom is -0.497 e. The number of hydrogen-bond acceptors (Lipinski definition) is 3. The number of carbonyl (C=O) groups is 1. The normalized spacial score (nSPS) is 21.4. The number of methoxy groups -OCH3 is 1. The lowest BCUT2D eigenvalue weighted by Gasteiger charge is -2.31. The summed E-state index contributed by atoms with van der Waals surface area (Å²) in [6.45, 7) is 2.66. The summed E-state index contributed by atoms with van der Waals surface area (Å²) >= 11 is 0. The highest BCUT2D eigenvalue weighted by molar-refractivity contribution is 5.74. The van der Waals surface area contributed by atoms with E-state index < -0.39 is 0 Å². The average Bonchev–Trinajstić information content (AvgIpc) is 2.62. The van der Waals surface area contributed by atoms with Gasteiger partial charge in [-0.1, -0.05) is 25.0 Å². The second-order valence-electron chi connectivity index (χ2n) is 7.23. The number of nitrogens with one attached hydrogen (secondary N) is 1. The summed E-state index contributed by atoms with van der Waals surface area (Å²) in [7, 11) is 3.47. The van der Waals surface area contributed by atoms with Crippen LogP contribution in [-0.4, -0.2) is 48.9 Å². The Kier molecular flexibility index (Phi) is 7.56. The van der Waals surface area contributed by atoms with E-state index >= 15 is 0 Å². The van der Waals surface area contributed by atoms with Crippen LogP contribution in [0.3, 0.4) is 0 Å². The number of ether oxygens (including phenoxy) is 1. The number of amides is 2. The summed E-state index contributed by atoms with van der Waals surface area (Å²) in [6.07, 6.45) is 5.64. The van der Waals surface area contributed by atoms with Gasteiger partial charge in [-0.15, -0.1) is 0 Å². The molecule has 1 aromatic rings. The molecule has 5 nitrogen and oxygen atoms in total. The van der Waals surface area contributed by atoms with Gasteiger partial charge in [-0.3, -0.25) is 0 Å². The van der Waals surface area contributed by atoms with E-state index in [1.54, 1.807) is 12.0 Å². The topological polar surface area (TPSA) is 61.8 Å². The second-order valence-corrected chi connectivity index (χ2v) is 7.23. The lowest BCUT2D eigenvalue weighted by atomic mass is 9.86. The van der Waals surface area contributed by atoms with Crippen molar-refractivity contribution in [3.8, 4) is 5.75 Å². The highest BCUT2D eigenvalue weighted by Gasteiger charge is 2.25. The number of benzene rings is 1. The predicted molar refractivity (Wildman–Crippen MR) is 99.9 cm³/mol. The molecule has 2 amide bonds. The van der Waals surface area contributed by atoms with Crippen molar-refractivity contribution in [1.82, 2.24) is 10.2 Å². The molecule has 3 unspecified atom stereocenters. The van der Waals surface area contributed by atoms with Crippen molar-refractivity contribution in [2.24, 2.45) is 5.92 Å². The van der Waals surface area contributed by atoms with Crippen molar-refractivity contribution >= 4 is 6.03 Å². The first-order valence-corrected chi connectivity index (χ1v) is 9.32. The van der Waals surface area contributed by atoms with Crippen LogP contribution < -0.4 is 10.1 Å². The molecule has 0 bridgehead atoms. The Labute approximate surface area is 151 Å². The zero-order valence-electron chi connectivity index (χ0n) is 15.7. The van der Waals surface area contributed by atoms with E-state index in [-0.39, 0.29) is 24.1 Å². The van der Waals surface area contributed by atoms with Crippen LogP contribution in [0, 0.1) is 5.92 Å². The van der Waals surface area contributed by atoms with Crippen LogP contribution in [0.5, 0.6) is 5.75 Å². The number of carbonyl (C=O) groups excluding carboxylic acids is 1. The van der Waals surface area contributed by atoms with Gasteiger partial charge in [0.1, 0.15) is 5.75 Å². The molecule has 5 heteroatoms. The van der Waals surface area contributed by atoms with E-state index in [9.17, 15) is 9.90 Å². The summed E-state index contributed by atoms with van der Waals surface area (Å²) in [4.78, 5) is 14.1. The van der Waals surface area contributed by atoms with Crippen LogP contribution in [0.25, 0.3) is 0 Å². The highest BCUT2D eigenvalue weighted by atomic mass is 16.5. The van der Waals surface area contributed by atoms with Gasteiger partial charge in [0.05, 0.1) is 13.2 Å². The molecule has 0 heterocycles. The van der Waals surface area contributed by atoms with E-state index in [0.29, 0.717) is 6.54 Å². The first-order valence-electron chi connectivity index (χ1n) is 9.32. The molecule has 140 valence electrons. The monoisotopic (exact) mass is 348 g/mol. The smallest absolute Gasteiger partial charge is 0.317 e. The van der Waals surface area contributed by atoms with Crippen molar-refractivity contribution in [2.45, 2.75) is 57.6 Å². The maximum atomic E-state index is 12.3. The van der Waals surface area contributed by atoms with Gasteiger partial charge in [-0.25, -0.2) is 4.79 Å². The van der Waals surface area contributed by atoms with Gasteiger partial charge in [0.25, 0.3) is 0 Å². The van der Waals surface area contributed by atoms with Gasteiger partial charge in [0, 0.05) is 25.6 Å². The van der Waals surface area contributed by atoms with E-state index in [2.05, 4.69) is 17.4 Å². The first-order chi connectivity index (χ1) is 12.0. The lowest BCUT2D eigenvalue weighted by molar-refractivity contribution is 0.0563. The highest BCUT2D eigenvalue weighted by Crippen LogP contribution is 2.24. The molecule has 1 aromatic carbocycles. The fourth-order valence-electron chi connectivity index (χ4n) is 3.40. The van der Waals surface area contributed by atoms with Crippen molar-refractivity contribution in [3.63, 3.8) is 0 Å². The van der Waals surface area contributed by atoms with Crippen molar-refractivity contribution in [2.75, 3.05) is 20.7 Å².